The van der Waals surface area contributed by atoms with Crippen LogP contribution in [0.4, 0.5) is 0 Å². The Morgan fingerprint density at radius 1 is 1.08 bits per heavy atom. The maximum Gasteiger partial charge on any atom is 0.168 e. The molecule has 2 heterocycles. The van der Waals surface area contributed by atoms with Crippen LogP contribution in [0.5, 0.6) is 0 Å². The van der Waals surface area contributed by atoms with Crippen LogP contribution in [0.2, 0.25) is 0 Å². The lowest BCUT2D eigenvalue weighted by molar-refractivity contribution is 0.0992. The number of ketones is 1. The summed E-state index contributed by atoms with van der Waals surface area (Å²) >= 11 is 0. The highest BCUT2D eigenvalue weighted by molar-refractivity contribution is 5.97. The van der Waals surface area contributed by atoms with Crippen molar-refractivity contribution in [2.75, 3.05) is 0 Å². The van der Waals surface area contributed by atoms with E-state index in [1.165, 1.54) is 0 Å². The van der Waals surface area contributed by atoms with Gasteiger partial charge in [-0.15, -0.1) is 0 Å². The number of para-hydroxylation sites is 2. The monoisotopic (exact) mass is 327 g/mol. The van der Waals surface area contributed by atoms with E-state index in [2.05, 4.69) is 21.9 Å². The standard InChI is InChI=1S/C21H17N3O/c1-14-8-9-15(12-20(25)16-5-4-10-22-13-16)11-17(14)21-23-18-6-2-3-7-19(18)24-21/h2-11,13H,12H2,1H3,(H,23,24). The lowest BCUT2D eigenvalue weighted by Gasteiger charge is -2.07. The number of imidazole rings is 1. The Bertz CT molecular complexity index is 1020. The summed E-state index contributed by atoms with van der Waals surface area (Å²) in [5.41, 5.74) is 5.69. The Morgan fingerprint density at radius 3 is 2.76 bits per heavy atom. The van der Waals surface area contributed by atoms with Gasteiger partial charge in [-0.25, -0.2) is 4.98 Å². The molecule has 4 heteroatoms. The highest BCUT2D eigenvalue weighted by Gasteiger charge is 2.12. The van der Waals surface area contributed by atoms with E-state index in [0.29, 0.717) is 12.0 Å². The van der Waals surface area contributed by atoms with Crippen LogP contribution in [-0.2, 0) is 6.42 Å². The van der Waals surface area contributed by atoms with Crippen molar-refractivity contribution in [1.29, 1.82) is 0 Å². The zero-order valence-electron chi connectivity index (χ0n) is 13.9. The van der Waals surface area contributed by atoms with Crippen LogP contribution >= 0.6 is 0 Å². The molecule has 2 aromatic carbocycles. The molecule has 122 valence electrons. The molecule has 0 fully saturated rings. The van der Waals surface area contributed by atoms with E-state index in [0.717, 1.165) is 33.5 Å². The molecule has 0 saturated heterocycles. The number of fused-ring (bicyclic) bond motifs is 1. The Morgan fingerprint density at radius 2 is 1.96 bits per heavy atom. The summed E-state index contributed by atoms with van der Waals surface area (Å²) in [5, 5.41) is 0. The number of nitrogens with one attached hydrogen (secondary N) is 1. The summed E-state index contributed by atoms with van der Waals surface area (Å²) < 4.78 is 0. The third-order valence-electron chi connectivity index (χ3n) is 4.29. The fourth-order valence-corrected chi connectivity index (χ4v) is 2.93. The van der Waals surface area contributed by atoms with E-state index in [1.807, 2.05) is 42.5 Å². The molecule has 0 bridgehead atoms. The van der Waals surface area contributed by atoms with Gasteiger partial charge in [0.15, 0.2) is 5.78 Å². The molecule has 0 radical (unpaired) electrons. The maximum absolute atomic E-state index is 12.4. The molecule has 4 rings (SSSR count). The number of aromatic amines is 1. The summed E-state index contributed by atoms with van der Waals surface area (Å²) in [7, 11) is 0. The number of nitrogens with zero attached hydrogens (tertiary/aromatic N) is 2. The second-order valence-corrected chi connectivity index (χ2v) is 6.09. The number of carbonyl (C=O) groups excluding carboxylic acids is 1. The number of Topliss-reactive ketones (excluding diaryl/α,β-unsaturated/α-hetero) is 1. The van der Waals surface area contributed by atoms with Crippen molar-refractivity contribution >= 4 is 16.8 Å². The van der Waals surface area contributed by atoms with Gasteiger partial charge in [-0.05, 0) is 48.4 Å². The van der Waals surface area contributed by atoms with Gasteiger partial charge in [0.25, 0.3) is 0 Å². The van der Waals surface area contributed by atoms with Gasteiger partial charge in [-0.2, -0.15) is 0 Å². The topological polar surface area (TPSA) is 58.6 Å². The van der Waals surface area contributed by atoms with Crippen molar-refractivity contribution in [3.05, 3.63) is 83.7 Å². The zero-order chi connectivity index (χ0) is 17.2. The number of benzene rings is 2. The first-order valence-corrected chi connectivity index (χ1v) is 8.18. The number of pyridine rings is 1. The van der Waals surface area contributed by atoms with E-state index >= 15 is 0 Å². The minimum atomic E-state index is 0.0625. The number of aryl methyl sites for hydroxylation is 1. The fraction of sp³-hybridized carbons (Fsp3) is 0.0952. The number of carbonyl (C=O) groups is 1. The average Bonchev–Trinajstić information content (AvgIpc) is 3.08. The third-order valence-corrected chi connectivity index (χ3v) is 4.29. The van der Waals surface area contributed by atoms with Crippen LogP contribution in [0.3, 0.4) is 0 Å². The summed E-state index contributed by atoms with van der Waals surface area (Å²) in [6, 6.07) is 17.6. The van der Waals surface area contributed by atoms with Gasteiger partial charge in [-0.3, -0.25) is 9.78 Å². The molecule has 2 aromatic heterocycles. The Kier molecular flexibility index (Phi) is 3.86. The lowest BCUT2D eigenvalue weighted by Crippen LogP contribution is -2.04. The largest absolute Gasteiger partial charge is 0.338 e. The van der Waals surface area contributed by atoms with Gasteiger partial charge in [0, 0.05) is 29.9 Å². The Balaban J connectivity index is 1.68. The van der Waals surface area contributed by atoms with E-state index in [-0.39, 0.29) is 5.78 Å². The average molecular weight is 327 g/mol. The highest BCUT2D eigenvalue weighted by atomic mass is 16.1. The molecule has 0 aliphatic carbocycles. The minimum Gasteiger partial charge on any atom is -0.338 e. The van der Waals surface area contributed by atoms with Crippen LogP contribution in [0.15, 0.2) is 67.0 Å². The van der Waals surface area contributed by atoms with Gasteiger partial charge < -0.3 is 4.98 Å². The Labute approximate surface area is 145 Å². The lowest BCUT2D eigenvalue weighted by atomic mass is 9.99. The minimum absolute atomic E-state index is 0.0625. The molecule has 0 saturated carbocycles. The molecular weight excluding hydrogens is 310 g/mol. The SMILES string of the molecule is Cc1ccc(CC(=O)c2cccnc2)cc1-c1nc2ccccc2[nH]1. The number of hydrogen-bond donors (Lipinski definition) is 1. The van der Waals surface area contributed by atoms with Crippen molar-refractivity contribution in [3.63, 3.8) is 0 Å². The summed E-state index contributed by atoms with van der Waals surface area (Å²) in [4.78, 5) is 24.5. The molecule has 0 atom stereocenters. The number of aromatic nitrogens is 3. The smallest absolute Gasteiger partial charge is 0.168 e. The van der Waals surface area contributed by atoms with Crippen molar-refractivity contribution in [3.8, 4) is 11.4 Å². The van der Waals surface area contributed by atoms with E-state index in [4.69, 9.17) is 0 Å². The van der Waals surface area contributed by atoms with E-state index < -0.39 is 0 Å². The maximum atomic E-state index is 12.4. The first kappa shape index (κ1) is 15.3. The van der Waals surface area contributed by atoms with Crippen LogP contribution in [0.1, 0.15) is 21.5 Å². The molecule has 4 aromatic rings. The summed E-state index contributed by atoms with van der Waals surface area (Å²) in [6.45, 7) is 2.05. The zero-order valence-corrected chi connectivity index (χ0v) is 13.9. The van der Waals surface area contributed by atoms with Gasteiger partial charge >= 0.3 is 0 Å². The molecule has 0 spiro atoms. The quantitative estimate of drug-likeness (QED) is 0.567. The van der Waals surface area contributed by atoms with Crippen LogP contribution in [0.25, 0.3) is 22.4 Å². The van der Waals surface area contributed by atoms with E-state index in [9.17, 15) is 4.79 Å². The summed E-state index contributed by atoms with van der Waals surface area (Å²) in [5.74, 6) is 0.891. The predicted molar refractivity (Wildman–Crippen MR) is 98.5 cm³/mol. The van der Waals surface area contributed by atoms with Gasteiger partial charge in [0.2, 0.25) is 0 Å². The first-order chi connectivity index (χ1) is 12.2. The fourth-order valence-electron chi connectivity index (χ4n) is 2.93. The van der Waals surface area contributed by atoms with Crippen LogP contribution in [-0.4, -0.2) is 20.7 Å². The second-order valence-electron chi connectivity index (χ2n) is 6.09. The predicted octanol–water partition coefficient (Wildman–Crippen LogP) is 4.36. The van der Waals surface area contributed by atoms with Crippen molar-refractivity contribution < 1.29 is 4.79 Å². The van der Waals surface area contributed by atoms with E-state index in [1.54, 1.807) is 24.5 Å². The molecule has 25 heavy (non-hydrogen) atoms. The van der Waals surface area contributed by atoms with Crippen LogP contribution < -0.4 is 0 Å². The molecular formula is C21H17N3O. The molecule has 0 amide bonds. The van der Waals surface area contributed by atoms with Crippen molar-refractivity contribution in [2.24, 2.45) is 0 Å². The molecule has 0 aliphatic heterocycles. The number of H-pyrrole nitrogens is 1. The van der Waals surface area contributed by atoms with Crippen molar-refractivity contribution in [1.82, 2.24) is 15.0 Å². The molecule has 4 nitrogen and oxygen atoms in total. The second kappa shape index (κ2) is 6.32. The van der Waals surface area contributed by atoms with Gasteiger partial charge in [0.05, 0.1) is 11.0 Å². The molecule has 1 N–H and O–H groups in total. The number of hydrogen-bond acceptors (Lipinski definition) is 3. The first-order valence-electron chi connectivity index (χ1n) is 8.18. The number of rotatable bonds is 4. The van der Waals surface area contributed by atoms with Gasteiger partial charge in [0.1, 0.15) is 5.82 Å². The summed E-state index contributed by atoms with van der Waals surface area (Å²) in [6.07, 6.45) is 3.62. The van der Waals surface area contributed by atoms with Crippen molar-refractivity contribution in [2.45, 2.75) is 13.3 Å². The van der Waals surface area contributed by atoms with Gasteiger partial charge in [-0.1, -0.05) is 24.3 Å². The van der Waals surface area contributed by atoms with Crippen LogP contribution in [0, 0.1) is 6.92 Å². The molecule has 0 unspecified atom stereocenters. The Hall–Kier alpha value is -3.27. The molecule has 0 aliphatic rings. The normalized spacial score (nSPS) is 10.9. The third kappa shape index (κ3) is 3.06. The highest BCUT2D eigenvalue weighted by Crippen LogP contribution is 2.25.